The molecule has 0 unspecified atom stereocenters. The molecule has 158 valence electrons. The number of ether oxygens (including phenoxy) is 3. The summed E-state index contributed by atoms with van der Waals surface area (Å²) in [4.78, 5) is 35.0. The molecule has 0 bridgehead atoms. The zero-order chi connectivity index (χ0) is 21.8. The highest BCUT2D eigenvalue weighted by molar-refractivity contribution is 5.91. The van der Waals surface area contributed by atoms with Crippen molar-refractivity contribution >= 4 is 23.6 Å². The van der Waals surface area contributed by atoms with Gasteiger partial charge in [-0.1, -0.05) is 6.58 Å². The van der Waals surface area contributed by atoms with Gasteiger partial charge >= 0.3 is 17.9 Å². The van der Waals surface area contributed by atoms with Gasteiger partial charge in [0.1, 0.15) is 11.5 Å². The summed E-state index contributed by atoms with van der Waals surface area (Å²) in [6, 6.07) is 13.2. The maximum absolute atomic E-state index is 12.2. The molecule has 0 aliphatic rings. The second kappa shape index (κ2) is 12.1. The minimum Gasteiger partial charge on any atom is -0.463 e. The Morgan fingerprint density at radius 3 is 2.17 bits per heavy atom. The molecule has 0 atom stereocenters. The summed E-state index contributed by atoms with van der Waals surface area (Å²) in [5.74, 6) is -0.516. The molecule has 2 aromatic rings. The zero-order valence-electron chi connectivity index (χ0n) is 16.9. The van der Waals surface area contributed by atoms with E-state index in [9.17, 15) is 14.4 Å². The molecule has 7 heteroatoms. The van der Waals surface area contributed by atoms with E-state index in [0.717, 1.165) is 18.2 Å². The number of hydrogen-bond acceptors (Lipinski definition) is 7. The quantitative estimate of drug-likeness (QED) is 0.257. The van der Waals surface area contributed by atoms with Crippen LogP contribution in [0.1, 0.15) is 36.0 Å². The summed E-state index contributed by atoms with van der Waals surface area (Å²) in [6.45, 7) is 3.62. The maximum Gasteiger partial charge on any atom is 0.343 e. The van der Waals surface area contributed by atoms with E-state index in [1.54, 1.807) is 55.6 Å². The van der Waals surface area contributed by atoms with Gasteiger partial charge in [0.15, 0.2) is 0 Å². The van der Waals surface area contributed by atoms with Gasteiger partial charge in [-0.2, -0.15) is 0 Å². The van der Waals surface area contributed by atoms with Gasteiger partial charge in [-0.05, 0) is 67.8 Å². The fourth-order valence-corrected chi connectivity index (χ4v) is 2.48. The smallest absolute Gasteiger partial charge is 0.343 e. The number of anilines is 1. The molecule has 0 amide bonds. The van der Waals surface area contributed by atoms with Crippen LogP contribution in [0.25, 0.3) is 0 Å². The van der Waals surface area contributed by atoms with Crippen LogP contribution in [-0.4, -0.2) is 31.6 Å². The van der Waals surface area contributed by atoms with Crippen LogP contribution in [-0.2, 0) is 14.3 Å². The van der Waals surface area contributed by atoms with Crippen LogP contribution in [0.3, 0.4) is 0 Å². The lowest BCUT2D eigenvalue weighted by molar-refractivity contribution is -0.138. The van der Waals surface area contributed by atoms with Gasteiger partial charge in [-0.3, -0.25) is 4.79 Å². The number of nitrogens with one attached hydrogen (secondary N) is 1. The monoisotopic (exact) mass is 411 g/mol. The van der Waals surface area contributed by atoms with E-state index < -0.39 is 11.9 Å². The lowest BCUT2D eigenvalue weighted by atomic mass is 10.2. The van der Waals surface area contributed by atoms with Crippen molar-refractivity contribution < 1.29 is 28.6 Å². The lowest BCUT2D eigenvalue weighted by Crippen LogP contribution is -2.10. The van der Waals surface area contributed by atoms with Gasteiger partial charge < -0.3 is 19.5 Å². The molecule has 30 heavy (non-hydrogen) atoms. The van der Waals surface area contributed by atoms with Crippen LogP contribution >= 0.6 is 0 Å². The first-order valence-corrected chi connectivity index (χ1v) is 9.61. The van der Waals surface area contributed by atoms with Gasteiger partial charge in [0.05, 0.1) is 12.2 Å². The van der Waals surface area contributed by atoms with Crippen LogP contribution in [0.4, 0.5) is 5.69 Å². The number of carbonyl (C=O) groups is 3. The fourth-order valence-electron chi connectivity index (χ4n) is 2.48. The molecule has 0 spiro atoms. The van der Waals surface area contributed by atoms with Crippen LogP contribution in [0.2, 0.25) is 0 Å². The minimum atomic E-state index is -0.498. The highest BCUT2D eigenvalue weighted by atomic mass is 16.5. The molecule has 7 nitrogen and oxygen atoms in total. The standard InChI is InChI=1S/C23H25NO6/c1-3-21(25)28-16-6-4-5-7-22(26)29-19-12-8-17(9-13-19)23(27)30-20-14-10-18(24-2)11-15-20/h3,8-15,24H,1,4-7,16H2,2H3. The molecular formula is C23H25NO6. The third kappa shape index (κ3) is 7.79. The van der Waals surface area contributed by atoms with E-state index in [1.807, 2.05) is 0 Å². The fraction of sp³-hybridized carbons (Fsp3) is 0.261. The first kappa shape index (κ1) is 22.7. The van der Waals surface area contributed by atoms with Gasteiger partial charge in [0.2, 0.25) is 0 Å². The van der Waals surface area contributed by atoms with Crippen molar-refractivity contribution in [1.29, 1.82) is 0 Å². The van der Waals surface area contributed by atoms with Crippen LogP contribution in [0.15, 0.2) is 61.2 Å². The number of unbranched alkanes of at least 4 members (excludes halogenated alkanes) is 2. The number of hydrogen-bond donors (Lipinski definition) is 1. The van der Waals surface area contributed by atoms with Crippen LogP contribution in [0, 0.1) is 0 Å². The predicted molar refractivity (Wildman–Crippen MR) is 113 cm³/mol. The Hall–Kier alpha value is -3.61. The van der Waals surface area contributed by atoms with E-state index in [4.69, 9.17) is 14.2 Å². The number of benzene rings is 2. The van der Waals surface area contributed by atoms with Crippen LogP contribution < -0.4 is 14.8 Å². The van der Waals surface area contributed by atoms with Crippen molar-refractivity contribution in [3.05, 3.63) is 66.7 Å². The molecule has 0 radical (unpaired) electrons. The number of esters is 3. The minimum absolute atomic E-state index is 0.252. The second-order valence-corrected chi connectivity index (χ2v) is 6.34. The third-order valence-corrected chi connectivity index (χ3v) is 4.11. The van der Waals surface area contributed by atoms with E-state index in [0.29, 0.717) is 36.5 Å². The molecule has 0 saturated carbocycles. The number of rotatable bonds is 11. The summed E-state index contributed by atoms with van der Waals surface area (Å²) in [6.07, 6.45) is 3.40. The molecule has 1 N–H and O–H groups in total. The Kier molecular flexibility index (Phi) is 9.12. The third-order valence-electron chi connectivity index (χ3n) is 4.11. The highest BCUT2D eigenvalue weighted by Crippen LogP contribution is 2.18. The van der Waals surface area contributed by atoms with Crippen molar-refractivity contribution in [2.45, 2.75) is 25.7 Å². The molecule has 0 heterocycles. The molecule has 2 aromatic carbocycles. The Morgan fingerprint density at radius 1 is 0.900 bits per heavy atom. The van der Waals surface area contributed by atoms with Gasteiger partial charge in [-0.25, -0.2) is 9.59 Å². The molecule has 0 saturated heterocycles. The Morgan fingerprint density at radius 2 is 1.53 bits per heavy atom. The molecule has 0 aromatic heterocycles. The zero-order valence-corrected chi connectivity index (χ0v) is 16.9. The second-order valence-electron chi connectivity index (χ2n) is 6.34. The first-order chi connectivity index (χ1) is 14.5. The molecular weight excluding hydrogens is 386 g/mol. The van der Waals surface area contributed by atoms with Gasteiger partial charge in [0, 0.05) is 25.2 Å². The van der Waals surface area contributed by atoms with Crippen molar-refractivity contribution in [3.63, 3.8) is 0 Å². The van der Waals surface area contributed by atoms with E-state index >= 15 is 0 Å². The first-order valence-electron chi connectivity index (χ1n) is 9.61. The number of carbonyl (C=O) groups excluding carboxylic acids is 3. The largest absolute Gasteiger partial charge is 0.463 e. The average molecular weight is 411 g/mol. The Balaban J connectivity index is 1.72. The normalized spacial score (nSPS) is 10.0. The highest BCUT2D eigenvalue weighted by Gasteiger charge is 2.10. The van der Waals surface area contributed by atoms with Crippen molar-refractivity contribution in [2.24, 2.45) is 0 Å². The van der Waals surface area contributed by atoms with Gasteiger partial charge in [-0.15, -0.1) is 0 Å². The average Bonchev–Trinajstić information content (AvgIpc) is 2.76. The molecule has 0 fully saturated rings. The van der Waals surface area contributed by atoms with E-state index in [-0.39, 0.29) is 12.4 Å². The van der Waals surface area contributed by atoms with E-state index in [2.05, 4.69) is 11.9 Å². The molecule has 0 aliphatic carbocycles. The summed E-state index contributed by atoms with van der Waals surface area (Å²) >= 11 is 0. The van der Waals surface area contributed by atoms with Crippen LogP contribution in [0.5, 0.6) is 11.5 Å². The summed E-state index contributed by atoms with van der Waals surface area (Å²) in [7, 11) is 1.80. The Bertz CT molecular complexity index is 858. The Labute approximate surface area is 175 Å². The topological polar surface area (TPSA) is 90.9 Å². The molecule has 0 aliphatic heterocycles. The van der Waals surface area contributed by atoms with Crippen molar-refractivity contribution in [1.82, 2.24) is 0 Å². The molecule has 2 rings (SSSR count). The summed E-state index contributed by atoms with van der Waals surface area (Å²) in [5.41, 5.74) is 1.26. The SMILES string of the molecule is C=CC(=O)OCCCCCC(=O)Oc1ccc(C(=O)Oc2ccc(NC)cc2)cc1. The maximum atomic E-state index is 12.2. The van der Waals surface area contributed by atoms with Crippen molar-refractivity contribution in [3.8, 4) is 11.5 Å². The summed E-state index contributed by atoms with van der Waals surface area (Å²) < 4.78 is 15.4. The van der Waals surface area contributed by atoms with Crippen molar-refractivity contribution in [2.75, 3.05) is 19.0 Å². The lowest BCUT2D eigenvalue weighted by Gasteiger charge is -2.07. The van der Waals surface area contributed by atoms with E-state index in [1.165, 1.54) is 0 Å². The summed E-state index contributed by atoms with van der Waals surface area (Å²) in [5, 5.41) is 2.99. The van der Waals surface area contributed by atoms with Gasteiger partial charge in [0.25, 0.3) is 0 Å². The predicted octanol–water partition coefficient (Wildman–Crippen LogP) is 4.14.